The van der Waals surface area contributed by atoms with Crippen LogP contribution in [-0.4, -0.2) is 58.2 Å². The van der Waals surface area contributed by atoms with Crippen molar-refractivity contribution in [3.8, 4) is 0 Å². The van der Waals surface area contributed by atoms with E-state index < -0.39 is 15.8 Å². The summed E-state index contributed by atoms with van der Waals surface area (Å²) in [6.07, 6.45) is 1.05. The van der Waals surface area contributed by atoms with Crippen molar-refractivity contribution in [2.75, 3.05) is 43.3 Å². The van der Waals surface area contributed by atoms with Gasteiger partial charge in [-0.15, -0.1) is 0 Å². The molecule has 1 aliphatic heterocycles. The average molecular weight is 407 g/mol. The summed E-state index contributed by atoms with van der Waals surface area (Å²) in [5.41, 5.74) is 1.54. The van der Waals surface area contributed by atoms with Gasteiger partial charge in [0.05, 0.1) is 38.1 Å². The van der Waals surface area contributed by atoms with E-state index in [4.69, 9.17) is 0 Å². The van der Waals surface area contributed by atoms with Crippen LogP contribution in [0, 0.1) is 5.82 Å². The molecule has 3 rings (SSSR count). The first-order chi connectivity index (χ1) is 13.3. The van der Waals surface area contributed by atoms with Gasteiger partial charge in [0, 0.05) is 5.56 Å². The minimum atomic E-state index is -3.66. The van der Waals surface area contributed by atoms with Crippen molar-refractivity contribution in [2.45, 2.75) is 6.54 Å². The van der Waals surface area contributed by atoms with Crippen LogP contribution >= 0.6 is 0 Å². The van der Waals surface area contributed by atoms with E-state index in [-0.39, 0.29) is 18.1 Å². The molecule has 2 aromatic carbocycles. The molecule has 150 valence electrons. The maximum absolute atomic E-state index is 13.1. The fourth-order valence-corrected chi connectivity index (χ4v) is 4.21. The van der Waals surface area contributed by atoms with Gasteiger partial charge in [0.15, 0.2) is 0 Å². The molecule has 0 aliphatic carbocycles. The third-order valence-electron chi connectivity index (χ3n) is 4.91. The predicted octanol–water partition coefficient (Wildman–Crippen LogP) is 0.519. The Morgan fingerprint density at radius 1 is 1.07 bits per heavy atom. The average Bonchev–Trinajstić information content (AvgIpc) is 2.67. The highest BCUT2D eigenvalue weighted by molar-refractivity contribution is 7.92. The summed E-state index contributed by atoms with van der Waals surface area (Å²) < 4.78 is 38.5. The number of amides is 1. The lowest BCUT2D eigenvalue weighted by atomic mass is 10.2. The summed E-state index contributed by atoms with van der Waals surface area (Å²) in [7, 11) is -3.66. The standard InChI is InChI=1S/C20H24FN3O3S/c1-28(26,27)24(19-9-7-18(21)8-10-19)16-20(25)23-13-11-22(12-14-23)15-17-5-3-2-4-6-17/h2-10H,11-16H2,1H3/p+1. The minimum Gasteiger partial charge on any atom is -0.330 e. The summed E-state index contributed by atoms with van der Waals surface area (Å²) in [6.45, 7) is 3.43. The number of hydrogen-bond donors (Lipinski definition) is 1. The van der Waals surface area contributed by atoms with E-state index in [1.165, 1.54) is 34.7 Å². The number of nitrogens with one attached hydrogen (secondary N) is 1. The van der Waals surface area contributed by atoms with Crippen LogP contribution in [0.4, 0.5) is 10.1 Å². The lowest BCUT2D eigenvalue weighted by molar-refractivity contribution is -0.917. The highest BCUT2D eigenvalue weighted by Crippen LogP contribution is 2.18. The van der Waals surface area contributed by atoms with Gasteiger partial charge in [-0.2, -0.15) is 0 Å². The first-order valence-electron chi connectivity index (χ1n) is 9.21. The number of anilines is 1. The van der Waals surface area contributed by atoms with E-state index >= 15 is 0 Å². The van der Waals surface area contributed by atoms with Crippen molar-refractivity contribution in [2.24, 2.45) is 0 Å². The number of hydrogen-bond acceptors (Lipinski definition) is 3. The van der Waals surface area contributed by atoms with Crippen LogP contribution in [0.15, 0.2) is 54.6 Å². The molecular weight excluding hydrogens is 381 g/mol. The van der Waals surface area contributed by atoms with Gasteiger partial charge in [0.2, 0.25) is 15.9 Å². The summed E-state index contributed by atoms with van der Waals surface area (Å²) in [5, 5.41) is 0. The Morgan fingerprint density at radius 2 is 1.68 bits per heavy atom. The summed E-state index contributed by atoms with van der Waals surface area (Å²) in [4.78, 5) is 15.8. The van der Waals surface area contributed by atoms with Crippen LogP contribution < -0.4 is 9.21 Å². The fraction of sp³-hybridized carbons (Fsp3) is 0.350. The quantitative estimate of drug-likeness (QED) is 0.761. The Morgan fingerprint density at radius 3 is 2.25 bits per heavy atom. The lowest BCUT2D eigenvalue weighted by Crippen LogP contribution is -3.13. The molecular formula is C20H25FN3O3S+. The Labute approximate surface area is 165 Å². The Kier molecular flexibility index (Phi) is 6.31. The number of halogens is 1. The normalized spacial score (nSPS) is 15.4. The van der Waals surface area contributed by atoms with Gasteiger partial charge < -0.3 is 9.80 Å². The number of sulfonamides is 1. The molecule has 1 fully saturated rings. The minimum absolute atomic E-state index is 0.242. The monoisotopic (exact) mass is 406 g/mol. The Hall–Kier alpha value is -2.45. The Bertz CT molecular complexity index is 896. The van der Waals surface area contributed by atoms with Crippen molar-refractivity contribution in [1.82, 2.24) is 4.90 Å². The molecule has 1 saturated heterocycles. The topological polar surface area (TPSA) is 62.1 Å². The van der Waals surface area contributed by atoms with Gasteiger partial charge in [-0.3, -0.25) is 9.10 Å². The first-order valence-corrected chi connectivity index (χ1v) is 11.1. The smallest absolute Gasteiger partial charge is 0.243 e. The van der Waals surface area contributed by atoms with E-state index in [9.17, 15) is 17.6 Å². The summed E-state index contributed by atoms with van der Waals surface area (Å²) in [5.74, 6) is -0.699. The number of carbonyl (C=O) groups excluding carboxylic acids is 1. The molecule has 1 aliphatic rings. The fourth-order valence-electron chi connectivity index (χ4n) is 3.36. The van der Waals surface area contributed by atoms with Gasteiger partial charge >= 0.3 is 0 Å². The van der Waals surface area contributed by atoms with E-state index in [0.29, 0.717) is 13.1 Å². The molecule has 0 saturated carbocycles. The molecule has 2 aromatic rings. The number of quaternary nitrogens is 1. The summed E-state index contributed by atoms with van der Waals surface area (Å²) in [6, 6.07) is 15.3. The zero-order valence-electron chi connectivity index (χ0n) is 15.8. The number of nitrogens with zero attached hydrogens (tertiary/aromatic N) is 2. The molecule has 0 spiro atoms. The summed E-state index contributed by atoms with van der Waals surface area (Å²) >= 11 is 0. The van der Waals surface area contributed by atoms with Crippen molar-refractivity contribution < 1.29 is 22.5 Å². The second kappa shape index (κ2) is 8.70. The molecule has 28 heavy (non-hydrogen) atoms. The van der Waals surface area contributed by atoms with E-state index in [0.717, 1.165) is 30.2 Å². The highest BCUT2D eigenvalue weighted by Gasteiger charge is 2.28. The maximum atomic E-state index is 13.1. The van der Waals surface area contributed by atoms with Crippen LogP contribution in [-0.2, 0) is 21.4 Å². The maximum Gasteiger partial charge on any atom is 0.243 e. The zero-order chi connectivity index (χ0) is 20.1. The zero-order valence-corrected chi connectivity index (χ0v) is 16.7. The SMILES string of the molecule is CS(=O)(=O)N(CC(=O)N1CC[NH+](Cc2ccccc2)CC1)c1ccc(F)cc1. The molecule has 8 heteroatoms. The molecule has 1 heterocycles. The van der Waals surface area contributed by atoms with Gasteiger partial charge in [-0.25, -0.2) is 12.8 Å². The first kappa shape index (κ1) is 20.3. The van der Waals surface area contributed by atoms with E-state index in [2.05, 4.69) is 12.1 Å². The van der Waals surface area contributed by atoms with Crippen molar-refractivity contribution in [3.63, 3.8) is 0 Å². The largest absolute Gasteiger partial charge is 0.330 e. The second-order valence-corrected chi connectivity index (χ2v) is 8.95. The van der Waals surface area contributed by atoms with E-state index in [1.54, 1.807) is 4.90 Å². The van der Waals surface area contributed by atoms with Crippen LogP contribution in [0.5, 0.6) is 0 Å². The molecule has 0 bridgehead atoms. The van der Waals surface area contributed by atoms with E-state index in [1.807, 2.05) is 18.2 Å². The molecule has 0 unspecified atom stereocenters. The van der Waals surface area contributed by atoms with Gasteiger partial charge in [-0.05, 0) is 24.3 Å². The van der Waals surface area contributed by atoms with Crippen LogP contribution in [0.3, 0.4) is 0 Å². The van der Waals surface area contributed by atoms with Crippen LogP contribution in [0.25, 0.3) is 0 Å². The number of carbonyl (C=O) groups is 1. The van der Waals surface area contributed by atoms with Crippen molar-refractivity contribution in [1.29, 1.82) is 0 Å². The third kappa shape index (κ3) is 5.30. The molecule has 1 amide bonds. The van der Waals surface area contributed by atoms with Gasteiger partial charge in [0.25, 0.3) is 0 Å². The molecule has 0 aromatic heterocycles. The molecule has 6 nitrogen and oxygen atoms in total. The van der Waals surface area contributed by atoms with Crippen molar-refractivity contribution in [3.05, 3.63) is 66.0 Å². The third-order valence-corrected chi connectivity index (χ3v) is 6.05. The second-order valence-electron chi connectivity index (χ2n) is 7.04. The Balaban J connectivity index is 1.60. The number of rotatable bonds is 6. The lowest BCUT2D eigenvalue weighted by Gasteiger charge is -2.33. The van der Waals surface area contributed by atoms with Crippen LogP contribution in [0.1, 0.15) is 5.56 Å². The predicted molar refractivity (Wildman–Crippen MR) is 106 cm³/mol. The highest BCUT2D eigenvalue weighted by atomic mass is 32.2. The van der Waals surface area contributed by atoms with Crippen LogP contribution in [0.2, 0.25) is 0 Å². The van der Waals surface area contributed by atoms with Gasteiger partial charge in [-0.1, -0.05) is 30.3 Å². The number of benzene rings is 2. The molecule has 0 atom stereocenters. The van der Waals surface area contributed by atoms with Gasteiger partial charge in [0.1, 0.15) is 18.9 Å². The molecule has 1 N–H and O–H groups in total. The number of piperazine rings is 1. The molecule has 0 radical (unpaired) electrons. The van der Waals surface area contributed by atoms with Crippen molar-refractivity contribution >= 4 is 21.6 Å².